The third-order valence-corrected chi connectivity index (χ3v) is 6.51. The molecule has 44 heavy (non-hydrogen) atoms. The van der Waals surface area contributed by atoms with Crippen LogP contribution < -0.4 is 30.7 Å². The second-order valence-corrected chi connectivity index (χ2v) is 9.62. The molecule has 14 nitrogen and oxygen atoms in total. The normalized spacial score (nSPS) is 12.1. The lowest BCUT2D eigenvalue weighted by molar-refractivity contribution is -0.139. The lowest BCUT2D eigenvalue weighted by Crippen LogP contribution is -2.36. The lowest BCUT2D eigenvalue weighted by Gasteiger charge is -2.20. The van der Waals surface area contributed by atoms with Gasteiger partial charge in [0.15, 0.2) is 11.5 Å². The molecular formula is C30H41N7O7. The predicted molar refractivity (Wildman–Crippen MR) is 166 cm³/mol. The van der Waals surface area contributed by atoms with Crippen LogP contribution in [0.4, 0.5) is 23.5 Å². The molecule has 2 aromatic carbocycles. The van der Waals surface area contributed by atoms with Gasteiger partial charge in [-0.2, -0.15) is 15.0 Å². The van der Waals surface area contributed by atoms with Crippen LogP contribution in [-0.2, 0) is 14.3 Å². The van der Waals surface area contributed by atoms with Gasteiger partial charge in [0.05, 0.1) is 40.6 Å². The van der Waals surface area contributed by atoms with Crippen LogP contribution in [0.3, 0.4) is 0 Å². The number of hydrogen-bond acceptors (Lipinski definition) is 12. The smallest absolute Gasteiger partial charge is 0.326 e. The molecule has 0 radical (unpaired) electrons. The topological polar surface area (TPSA) is 178 Å². The van der Waals surface area contributed by atoms with Crippen molar-refractivity contribution < 1.29 is 33.6 Å². The summed E-state index contributed by atoms with van der Waals surface area (Å²) in [5.41, 5.74) is 1.23. The van der Waals surface area contributed by atoms with E-state index in [2.05, 4.69) is 36.2 Å². The fraction of sp³-hybridized carbons (Fsp3) is 0.433. The highest BCUT2D eigenvalue weighted by Crippen LogP contribution is 2.31. The van der Waals surface area contributed by atoms with Gasteiger partial charge in [-0.1, -0.05) is 38.5 Å². The molecule has 0 aliphatic heterocycles. The average Bonchev–Trinajstić information content (AvgIpc) is 3.04. The number of carbonyl (C=O) groups is 2. The number of rotatable bonds is 20. The largest absolute Gasteiger partial charge is 0.493 e. The summed E-state index contributed by atoms with van der Waals surface area (Å²) in [6, 6.07) is 13.3. The number of carbonyl (C=O) groups excluding carboxylic acids is 1. The van der Waals surface area contributed by atoms with E-state index in [0.29, 0.717) is 68.7 Å². The summed E-state index contributed by atoms with van der Waals surface area (Å²) < 4.78 is 21.8. The maximum absolute atomic E-state index is 12.0. The summed E-state index contributed by atoms with van der Waals surface area (Å²) in [5, 5.41) is 21.7. The number of carboxylic acid groups (broad SMARTS) is 1. The first-order valence-electron chi connectivity index (χ1n) is 14.3. The molecule has 14 heteroatoms. The van der Waals surface area contributed by atoms with E-state index in [0.717, 1.165) is 0 Å². The van der Waals surface area contributed by atoms with Crippen LogP contribution in [0.25, 0.3) is 0 Å². The molecule has 238 valence electrons. The van der Waals surface area contributed by atoms with Crippen molar-refractivity contribution >= 4 is 35.4 Å². The molecule has 1 amide bonds. The molecule has 0 bridgehead atoms. The van der Waals surface area contributed by atoms with Gasteiger partial charge < -0.3 is 45.3 Å². The zero-order chi connectivity index (χ0) is 31.7. The molecule has 0 aliphatic rings. The third kappa shape index (κ3) is 10.9. The summed E-state index contributed by atoms with van der Waals surface area (Å²) in [4.78, 5) is 37.1. The highest BCUT2D eigenvalue weighted by Gasteiger charge is 2.25. The summed E-state index contributed by atoms with van der Waals surface area (Å²) in [6.07, 6.45) is 0.653. The number of nitrogens with one attached hydrogen (secondary N) is 4. The molecule has 0 unspecified atom stereocenters. The minimum absolute atomic E-state index is 0.104. The van der Waals surface area contributed by atoms with Gasteiger partial charge in [-0.05, 0) is 30.2 Å². The van der Waals surface area contributed by atoms with Gasteiger partial charge in [-0.25, -0.2) is 4.79 Å². The lowest BCUT2D eigenvalue weighted by atomic mass is 10.00. The summed E-state index contributed by atoms with van der Waals surface area (Å²) in [6.45, 7) is 5.96. The Morgan fingerprint density at radius 1 is 0.841 bits per heavy atom. The number of benzene rings is 2. The van der Waals surface area contributed by atoms with Crippen molar-refractivity contribution in [3.05, 3.63) is 54.1 Å². The fourth-order valence-electron chi connectivity index (χ4n) is 3.93. The second-order valence-electron chi connectivity index (χ2n) is 9.62. The van der Waals surface area contributed by atoms with E-state index < -0.39 is 12.0 Å². The number of hydrogen-bond donors (Lipinski definition) is 5. The van der Waals surface area contributed by atoms with Crippen LogP contribution in [0.15, 0.2) is 48.5 Å². The summed E-state index contributed by atoms with van der Waals surface area (Å²) in [5.74, 6) is 0.296. The zero-order valence-electron chi connectivity index (χ0n) is 25.5. The number of ether oxygens (including phenoxy) is 4. The molecule has 3 rings (SSSR count). The molecule has 3 aromatic rings. The van der Waals surface area contributed by atoms with Crippen molar-refractivity contribution in [3.63, 3.8) is 0 Å². The number of carboxylic acids is 1. The van der Waals surface area contributed by atoms with Crippen LogP contribution >= 0.6 is 0 Å². The molecule has 2 atom stereocenters. The Hall–Kier alpha value is -4.69. The highest BCUT2D eigenvalue weighted by molar-refractivity contribution is 5.94. The maximum atomic E-state index is 12.0. The van der Waals surface area contributed by atoms with Gasteiger partial charge in [0.1, 0.15) is 6.04 Å². The number of aromatic nitrogens is 3. The Balaban J connectivity index is 1.51. The molecule has 1 aromatic heterocycles. The quantitative estimate of drug-likeness (QED) is 0.118. The number of anilines is 4. The Morgan fingerprint density at radius 2 is 1.50 bits per heavy atom. The fourth-order valence-corrected chi connectivity index (χ4v) is 3.93. The molecule has 0 saturated carbocycles. The Morgan fingerprint density at radius 3 is 2.16 bits per heavy atom. The minimum atomic E-state index is -1.00. The molecule has 0 spiro atoms. The second kappa shape index (κ2) is 18.1. The Labute approximate surface area is 256 Å². The van der Waals surface area contributed by atoms with Crippen molar-refractivity contribution in [3.8, 4) is 11.5 Å². The molecule has 0 saturated heterocycles. The highest BCUT2D eigenvalue weighted by atomic mass is 16.5. The number of methoxy groups -OCH3 is 2. The van der Waals surface area contributed by atoms with E-state index in [9.17, 15) is 14.7 Å². The van der Waals surface area contributed by atoms with E-state index in [1.165, 1.54) is 7.11 Å². The third-order valence-electron chi connectivity index (χ3n) is 6.51. The Bertz CT molecular complexity index is 1330. The van der Waals surface area contributed by atoms with Crippen LogP contribution in [0.2, 0.25) is 0 Å². The number of aliphatic carboxylic acids is 1. The summed E-state index contributed by atoms with van der Waals surface area (Å²) in [7, 11) is 3.09. The monoisotopic (exact) mass is 611 g/mol. The van der Waals surface area contributed by atoms with Crippen molar-refractivity contribution in [2.45, 2.75) is 26.3 Å². The molecule has 0 fully saturated rings. The number of amides is 1. The van der Waals surface area contributed by atoms with Gasteiger partial charge in [-0.3, -0.25) is 4.79 Å². The van der Waals surface area contributed by atoms with Crippen LogP contribution in [-0.4, -0.2) is 91.7 Å². The van der Waals surface area contributed by atoms with Gasteiger partial charge in [0, 0.05) is 30.4 Å². The summed E-state index contributed by atoms with van der Waals surface area (Å²) >= 11 is 0. The van der Waals surface area contributed by atoms with E-state index in [1.807, 2.05) is 32.0 Å². The molecule has 5 N–H and O–H groups in total. The van der Waals surface area contributed by atoms with E-state index in [1.54, 1.807) is 37.4 Å². The van der Waals surface area contributed by atoms with E-state index in [-0.39, 0.29) is 29.7 Å². The van der Waals surface area contributed by atoms with Crippen molar-refractivity contribution in [2.24, 2.45) is 5.92 Å². The van der Waals surface area contributed by atoms with E-state index in [4.69, 9.17) is 18.9 Å². The SMILES string of the molecule is CC[C@H](C)[C@H](Nc1nc(NCCOCCOCCNC(=O)c2ccccc2)nc(Nc2ccc(OC)c(OC)c2)n1)C(=O)O. The first-order valence-corrected chi connectivity index (χ1v) is 14.3. The van der Waals surface area contributed by atoms with Crippen molar-refractivity contribution in [1.29, 1.82) is 0 Å². The first-order chi connectivity index (χ1) is 21.3. The van der Waals surface area contributed by atoms with Crippen LogP contribution in [0, 0.1) is 5.92 Å². The van der Waals surface area contributed by atoms with Gasteiger partial charge in [0.25, 0.3) is 5.91 Å². The van der Waals surface area contributed by atoms with Crippen LogP contribution in [0.1, 0.15) is 30.6 Å². The first kappa shape index (κ1) is 33.8. The zero-order valence-corrected chi connectivity index (χ0v) is 25.5. The van der Waals surface area contributed by atoms with Gasteiger partial charge in [-0.15, -0.1) is 0 Å². The maximum Gasteiger partial charge on any atom is 0.326 e. The average molecular weight is 612 g/mol. The van der Waals surface area contributed by atoms with Crippen molar-refractivity contribution in [2.75, 3.05) is 69.7 Å². The predicted octanol–water partition coefficient (Wildman–Crippen LogP) is 3.42. The van der Waals surface area contributed by atoms with E-state index >= 15 is 0 Å². The molecule has 1 heterocycles. The van der Waals surface area contributed by atoms with Gasteiger partial charge >= 0.3 is 5.97 Å². The standard InChI is InChI=1S/C30H41N7O7/c1-5-20(2)25(27(39)40)34-30-36-28(35-29(37-30)33-22-11-12-23(41-3)24(19-22)42-4)32-14-16-44-18-17-43-15-13-31-26(38)21-9-7-6-8-10-21/h6-12,19-20,25H,5,13-18H2,1-4H3,(H,31,38)(H,39,40)(H3,32,33,34,35,36,37)/t20-,25-/m0/s1. The molecule has 0 aliphatic carbocycles. The van der Waals surface area contributed by atoms with Crippen molar-refractivity contribution in [1.82, 2.24) is 20.3 Å². The van der Waals surface area contributed by atoms with Gasteiger partial charge in [0.2, 0.25) is 17.8 Å². The minimum Gasteiger partial charge on any atom is -0.493 e. The number of nitrogens with zero attached hydrogens (tertiary/aromatic N) is 3. The molecular weight excluding hydrogens is 570 g/mol. The van der Waals surface area contributed by atoms with Crippen LogP contribution in [0.5, 0.6) is 11.5 Å². The Kier molecular flexibility index (Phi) is 13.9.